The SMILES string of the molecule is CN(CC(=O)Nc1ccc(-c2cn(S(=O)(=O)c3ccccc3)c3cc(F)ccc23)cc1N)C(=O)OC(C)(C)C. The number of fused-ring (bicyclic) bond motifs is 1. The van der Waals surface area contributed by atoms with Crippen LogP contribution < -0.4 is 11.1 Å². The maximum absolute atomic E-state index is 14.2. The van der Waals surface area contributed by atoms with Crippen molar-refractivity contribution in [2.75, 3.05) is 24.6 Å². The Morgan fingerprint density at radius 2 is 1.74 bits per heavy atom. The minimum Gasteiger partial charge on any atom is -0.444 e. The zero-order valence-electron chi connectivity index (χ0n) is 21.9. The Morgan fingerprint density at radius 1 is 1.05 bits per heavy atom. The van der Waals surface area contributed by atoms with E-state index in [1.54, 1.807) is 57.2 Å². The Labute approximate surface area is 226 Å². The molecule has 4 rings (SSSR count). The number of hydrogen-bond acceptors (Lipinski definition) is 6. The first-order chi connectivity index (χ1) is 18.3. The highest BCUT2D eigenvalue weighted by atomic mass is 32.2. The molecule has 0 aliphatic heterocycles. The van der Waals surface area contributed by atoms with Crippen LogP contribution in [-0.2, 0) is 19.6 Å². The van der Waals surface area contributed by atoms with Gasteiger partial charge < -0.3 is 20.7 Å². The maximum Gasteiger partial charge on any atom is 0.410 e. The van der Waals surface area contributed by atoms with Crippen molar-refractivity contribution in [3.8, 4) is 11.1 Å². The summed E-state index contributed by atoms with van der Waals surface area (Å²) in [5, 5.41) is 3.17. The van der Waals surface area contributed by atoms with Crippen LogP contribution in [0.2, 0.25) is 0 Å². The number of halogens is 1. The number of nitrogen functional groups attached to an aromatic ring is 1. The zero-order chi connectivity index (χ0) is 28.5. The van der Waals surface area contributed by atoms with E-state index in [1.807, 2.05) is 0 Å². The van der Waals surface area contributed by atoms with E-state index < -0.39 is 33.4 Å². The summed E-state index contributed by atoms with van der Waals surface area (Å²) in [5.41, 5.74) is 7.31. The van der Waals surface area contributed by atoms with Crippen LogP contribution in [0.25, 0.3) is 22.0 Å². The molecule has 0 spiro atoms. The lowest BCUT2D eigenvalue weighted by Gasteiger charge is -2.24. The fraction of sp³-hybridized carbons (Fsp3) is 0.214. The van der Waals surface area contributed by atoms with Crippen molar-refractivity contribution in [3.63, 3.8) is 0 Å². The van der Waals surface area contributed by atoms with Gasteiger partial charge in [-0.3, -0.25) is 4.79 Å². The van der Waals surface area contributed by atoms with Crippen molar-refractivity contribution in [3.05, 3.63) is 78.7 Å². The van der Waals surface area contributed by atoms with Gasteiger partial charge in [-0.15, -0.1) is 0 Å². The number of hydrogen-bond donors (Lipinski definition) is 2. The first kappa shape index (κ1) is 27.6. The topological polar surface area (TPSA) is 124 Å². The van der Waals surface area contributed by atoms with Crippen molar-refractivity contribution in [2.45, 2.75) is 31.3 Å². The number of nitrogens with two attached hydrogens (primary N) is 1. The number of nitrogens with one attached hydrogen (secondary N) is 1. The van der Waals surface area contributed by atoms with E-state index in [0.717, 1.165) is 8.87 Å². The van der Waals surface area contributed by atoms with E-state index in [0.29, 0.717) is 22.2 Å². The van der Waals surface area contributed by atoms with E-state index in [9.17, 15) is 22.4 Å². The monoisotopic (exact) mass is 552 g/mol. The number of amides is 2. The van der Waals surface area contributed by atoms with Gasteiger partial charge in [-0.05, 0) is 68.8 Å². The Morgan fingerprint density at radius 3 is 2.38 bits per heavy atom. The Hall–Kier alpha value is -4.38. The molecule has 0 saturated heterocycles. The molecule has 4 aromatic rings. The summed E-state index contributed by atoms with van der Waals surface area (Å²) in [7, 11) is -2.57. The lowest BCUT2D eigenvalue weighted by Crippen LogP contribution is -2.38. The van der Waals surface area contributed by atoms with Crippen LogP contribution in [0.15, 0.2) is 77.8 Å². The smallest absolute Gasteiger partial charge is 0.410 e. The van der Waals surface area contributed by atoms with E-state index in [1.165, 1.54) is 43.6 Å². The third kappa shape index (κ3) is 6.04. The minimum absolute atomic E-state index is 0.0617. The van der Waals surface area contributed by atoms with E-state index >= 15 is 0 Å². The van der Waals surface area contributed by atoms with Gasteiger partial charge in [-0.25, -0.2) is 21.6 Å². The standard InChI is InChI=1S/C28H29FN4O5S/c1-28(2,3)38-27(35)32(4)17-26(34)31-24-13-10-18(14-23(24)30)22-16-33(25-15-19(29)11-12-21(22)25)39(36,37)20-8-6-5-7-9-20/h5-16H,17,30H2,1-4H3,(H,31,34). The molecule has 0 bridgehead atoms. The molecular formula is C28H29FN4O5S. The number of nitrogens with zero attached hydrogens (tertiary/aromatic N) is 2. The molecule has 1 heterocycles. The molecule has 11 heteroatoms. The molecule has 3 aromatic carbocycles. The number of ether oxygens (including phenoxy) is 1. The molecule has 0 aliphatic rings. The normalized spacial score (nSPS) is 11.8. The van der Waals surface area contributed by atoms with Crippen molar-refractivity contribution in [1.82, 2.24) is 8.87 Å². The first-order valence-electron chi connectivity index (χ1n) is 12.0. The average Bonchev–Trinajstić information content (AvgIpc) is 3.24. The molecule has 0 aliphatic carbocycles. The fourth-order valence-corrected chi connectivity index (χ4v) is 5.34. The van der Waals surface area contributed by atoms with E-state index in [-0.39, 0.29) is 22.6 Å². The van der Waals surface area contributed by atoms with Crippen LogP contribution in [0.4, 0.5) is 20.6 Å². The van der Waals surface area contributed by atoms with Crippen molar-refractivity contribution < 1.29 is 27.1 Å². The molecule has 0 atom stereocenters. The third-order valence-electron chi connectivity index (χ3n) is 5.76. The van der Waals surface area contributed by atoms with Crippen LogP contribution in [0.1, 0.15) is 20.8 Å². The molecule has 0 radical (unpaired) electrons. The molecular weight excluding hydrogens is 523 g/mol. The fourth-order valence-electron chi connectivity index (χ4n) is 3.96. The quantitative estimate of drug-likeness (QED) is 0.322. The highest BCUT2D eigenvalue weighted by Crippen LogP contribution is 2.35. The summed E-state index contributed by atoms with van der Waals surface area (Å²) in [6, 6.07) is 16.6. The molecule has 0 unspecified atom stereocenters. The zero-order valence-corrected chi connectivity index (χ0v) is 22.8. The number of likely N-dealkylation sites (N-methyl/N-ethyl adjacent to an activating group) is 1. The molecule has 204 valence electrons. The van der Waals surface area contributed by atoms with Crippen LogP contribution in [0.3, 0.4) is 0 Å². The van der Waals surface area contributed by atoms with Gasteiger partial charge in [0.05, 0.1) is 21.8 Å². The van der Waals surface area contributed by atoms with Crippen LogP contribution in [0.5, 0.6) is 0 Å². The Bertz CT molecular complexity index is 1660. The molecule has 3 N–H and O–H groups in total. The van der Waals surface area contributed by atoms with E-state index in [2.05, 4.69) is 5.32 Å². The second-order valence-electron chi connectivity index (χ2n) is 10.0. The van der Waals surface area contributed by atoms with Gasteiger partial charge in [-0.1, -0.05) is 24.3 Å². The lowest BCUT2D eigenvalue weighted by atomic mass is 10.0. The highest BCUT2D eigenvalue weighted by Gasteiger charge is 2.23. The summed E-state index contributed by atoms with van der Waals surface area (Å²) < 4.78 is 47.3. The van der Waals surface area contributed by atoms with Gasteiger partial charge in [0.25, 0.3) is 10.0 Å². The molecule has 0 saturated carbocycles. The number of carbonyl (C=O) groups excluding carboxylic acids is 2. The van der Waals surface area contributed by atoms with Gasteiger partial charge in [0.2, 0.25) is 5.91 Å². The lowest BCUT2D eigenvalue weighted by molar-refractivity contribution is -0.117. The van der Waals surface area contributed by atoms with Crippen LogP contribution >= 0.6 is 0 Å². The number of anilines is 2. The van der Waals surface area contributed by atoms with Gasteiger partial charge in [0, 0.05) is 24.2 Å². The van der Waals surface area contributed by atoms with Gasteiger partial charge in [0.1, 0.15) is 18.0 Å². The summed E-state index contributed by atoms with van der Waals surface area (Å²) >= 11 is 0. The Kier molecular flexibility index (Phi) is 7.38. The van der Waals surface area contributed by atoms with E-state index in [4.69, 9.17) is 10.5 Å². The first-order valence-corrected chi connectivity index (χ1v) is 13.5. The van der Waals surface area contributed by atoms with Gasteiger partial charge in [0.15, 0.2) is 0 Å². The third-order valence-corrected chi connectivity index (χ3v) is 7.44. The molecule has 1 aromatic heterocycles. The summed E-state index contributed by atoms with van der Waals surface area (Å²) in [6.07, 6.45) is 0.786. The van der Waals surface area contributed by atoms with Gasteiger partial charge in [-0.2, -0.15) is 0 Å². The molecule has 0 fully saturated rings. The predicted octanol–water partition coefficient (Wildman–Crippen LogP) is 5.07. The second kappa shape index (κ2) is 10.4. The number of aromatic nitrogens is 1. The molecule has 39 heavy (non-hydrogen) atoms. The predicted molar refractivity (Wildman–Crippen MR) is 148 cm³/mol. The van der Waals surface area contributed by atoms with Crippen LogP contribution in [0, 0.1) is 5.82 Å². The highest BCUT2D eigenvalue weighted by molar-refractivity contribution is 7.90. The second-order valence-corrected chi connectivity index (χ2v) is 11.8. The largest absolute Gasteiger partial charge is 0.444 e. The average molecular weight is 553 g/mol. The van der Waals surface area contributed by atoms with Crippen LogP contribution in [-0.4, -0.2) is 48.5 Å². The maximum atomic E-state index is 14.2. The molecule has 9 nitrogen and oxygen atoms in total. The minimum atomic E-state index is -4.01. The summed E-state index contributed by atoms with van der Waals surface area (Å²) in [4.78, 5) is 25.9. The number of carbonyl (C=O) groups is 2. The van der Waals surface area contributed by atoms with Crippen molar-refractivity contribution in [2.24, 2.45) is 0 Å². The van der Waals surface area contributed by atoms with Gasteiger partial charge >= 0.3 is 6.09 Å². The van der Waals surface area contributed by atoms with Crippen molar-refractivity contribution >= 4 is 44.3 Å². The van der Waals surface area contributed by atoms with Crippen molar-refractivity contribution in [1.29, 1.82) is 0 Å². The summed E-state index contributed by atoms with van der Waals surface area (Å²) in [5.74, 6) is -1.06. The summed E-state index contributed by atoms with van der Waals surface area (Å²) in [6.45, 7) is 4.93. The molecule has 2 amide bonds. The number of rotatable bonds is 6. The Balaban J connectivity index is 1.63. The number of benzene rings is 3.